The lowest BCUT2D eigenvalue weighted by molar-refractivity contribution is 0.0123. The second-order valence-electron chi connectivity index (χ2n) is 11.2. The Morgan fingerprint density at radius 2 is 1.79 bits per heavy atom. The molecule has 0 aliphatic carbocycles. The molecule has 2 atom stereocenters. The maximum absolute atomic E-state index is 15.2. The smallest absolute Gasteiger partial charge is 0.410 e. The number of fused-ring (bicyclic) bond motifs is 3. The molecule has 2 aromatic heterocycles. The molecule has 0 spiro atoms. The highest BCUT2D eigenvalue weighted by Crippen LogP contribution is 2.35. The van der Waals surface area contributed by atoms with Crippen LogP contribution < -0.4 is 10.2 Å². The minimum atomic E-state index is -0.597. The first-order valence-electron chi connectivity index (χ1n) is 13.4. The Morgan fingerprint density at radius 3 is 2.46 bits per heavy atom. The fourth-order valence-corrected chi connectivity index (χ4v) is 5.48. The third-order valence-corrected chi connectivity index (χ3v) is 7.31. The van der Waals surface area contributed by atoms with E-state index in [1.165, 1.54) is 12.1 Å². The molecule has 39 heavy (non-hydrogen) atoms. The van der Waals surface area contributed by atoms with Crippen LogP contribution in [-0.4, -0.2) is 69.0 Å². The lowest BCUT2D eigenvalue weighted by Crippen LogP contribution is -2.57. The Labute approximate surface area is 226 Å². The molecule has 0 saturated carbocycles. The van der Waals surface area contributed by atoms with Crippen LogP contribution in [0.25, 0.3) is 11.0 Å². The van der Waals surface area contributed by atoms with E-state index < -0.39 is 23.1 Å². The minimum Gasteiger partial charge on any atom is -0.444 e. The van der Waals surface area contributed by atoms with Gasteiger partial charge in [-0.1, -0.05) is 0 Å². The van der Waals surface area contributed by atoms with Gasteiger partial charge >= 0.3 is 6.09 Å². The highest BCUT2D eigenvalue weighted by atomic mass is 19.1. The number of piperazine rings is 1. The first kappa shape index (κ1) is 26.8. The predicted molar refractivity (Wildman–Crippen MR) is 143 cm³/mol. The number of halogens is 2. The van der Waals surface area contributed by atoms with Crippen LogP contribution in [0.2, 0.25) is 0 Å². The Balaban J connectivity index is 1.20. The lowest BCUT2D eigenvalue weighted by Gasteiger charge is -2.42. The highest BCUT2D eigenvalue weighted by Gasteiger charge is 2.44. The fourth-order valence-electron chi connectivity index (χ4n) is 5.48. The van der Waals surface area contributed by atoms with Crippen molar-refractivity contribution in [2.24, 2.45) is 0 Å². The number of nitrogens with zero attached hydrogens (tertiary/aromatic N) is 5. The summed E-state index contributed by atoms with van der Waals surface area (Å²) in [6.07, 6.45) is 3.24. The van der Waals surface area contributed by atoms with Crippen molar-refractivity contribution >= 4 is 28.7 Å². The molecule has 3 aromatic rings. The average Bonchev–Trinajstić information content (AvgIpc) is 3.41. The van der Waals surface area contributed by atoms with E-state index in [9.17, 15) is 9.59 Å². The van der Waals surface area contributed by atoms with E-state index in [-0.39, 0.29) is 48.1 Å². The van der Waals surface area contributed by atoms with Crippen molar-refractivity contribution in [1.29, 1.82) is 0 Å². The number of benzene rings is 1. The second kappa shape index (κ2) is 10.4. The Hall–Kier alpha value is -3.76. The number of amides is 2. The maximum atomic E-state index is 15.2. The van der Waals surface area contributed by atoms with Crippen LogP contribution in [0.4, 0.5) is 19.3 Å². The van der Waals surface area contributed by atoms with Gasteiger partial charge in [-0.15, -0.1) is 10.2 Å². The third kappa shape index (κ3) is 5.53. The molecule has 2 amide bonds. The Morgan fingerprint density at radius 1 is 1.08 bits per heavy atom. The number of hydrogen-bond acceptors (Lipinski definition) is 6. The van der Waals surface area contributed by atoms with Gasteiger partial charge < -0.3 is 19.5 Å². The number of anilines is 1. The summed E-state index contributed by atoms with van der Waals surface area (Å²) in [5, 5.41) is 11.7. The molecule has 1 N–H and O–H groups in total. The summed E-state index contributed by atoms with van der Waals surface area (Å²) in [7, 11) is 0. The van der Waals surface area contributed by atoms with Crippen LogP contribution in [0.1, 0.15) is 56.6 Å². The van der Waals surface area contributed by atoms with Crippen molar-refractivity contribution in [3.05, 3.63) is 53.4 Å². The first-order valence-corrected chi connectivity index (χ1v) is 13.4. The molecule has 4 heterocycles. The van der Waals surface area contributed by atoms with Crippen LogP contribution in [0.15, 0.2) is 30.5 Å². The van der Waals surface area contributed by atoms with Gasteiger partial charge in [-0.3, -0.25) is 9.69 Å². The van der Waals surface area contributed by atoms with Gasteiger partial charge in [0.2, 0.25) is 0 Å². The summed E-state index contributed by atoms with van der Waals surface area (Å²) in [5.74, 6) is -1.49. The van der Waals surface area contributed by atoms with Crippen molar-refractivity contribution in [3.63, 3.8) is 0 Å². The van der Waals surface area contributed by atoms with Crippen molar-refractivity contribution in [1.82, 2.24) is 25.0 Å². The molecule has 2 saturated heterocycles. The van der Waals surface area contributed by atoms with Crippen molar-refractivity contribution in [2.45, 2.75) is 71.2 Å². The standard InChI is InChI=1S/C28H34F2N6O3/c1-5-34-11-9-18-13-23(32-33-25(18)34)26(37)31-10-8-17-12-22(30)24(14-21(17)29)35-15-19-6-7-20(16-35)36(19)27(38)39-28(2,3)4/h9,11-14,19-20H,5-8,10,15-16H2,1-4H3,(H,31,37). The van der Waals surface area contributed by atoms with Gasteiger partial charge in [0.15, 0.2) is 11.3 Å². The predicted octanol–water partition coefficient (Wildman–Crippen LogP) is 4.29. The zero-order valence-corrected chi connectivity index (χ0v) is 22.7. The number of carbonyl (C=O) groups is 2. The molecule has 2 fully saturated rings. The van der Waals surface area contributed by atoms with Crippen LogP contribution in [0, 0.1) is 11.6 Å². The number of hydrogen-bond donors (Lipinski definition) is 1. The molecule has 2 bridgehead atoms. The summed E-state index contributed by atoms with van der Waals surface area (Å²) < 4.78 is 37.7. The highest BCUT2D eigenvalue weighted by molar-refractivity contribution is 5.95. The van der Waals surface area contributed by atoms with E-state index in [1.807, 2.05) is 49.4 Å². The first-order chi connectivity index (χ1) is 18.5. The van der Waals surface area contributed by atoms with E-state index in [0.29, 0.717) is 18.7 Å². The monoisotopic (exact) mass is 540 g/mol. The molecular weight excluding hydrogens is 506 g/mol. The van der Waals surface area contributed by atoms with Crippen LogP contribution in [0.5, 0.6) is 0 Å². The van der Waals surface area contributed by atoms with Gasteiger partial charge in [0.25, 0.3) is 5.91 Å². The Kier molecular flexibility index (Phi) is 7.17. The lowest BCUT2D eigenvalue weighted by atomic mass is 10.1. The molecule has 0 radical (unpaired) electrons. The molecule has 1 aromatic carbocycles. The van der Waals surface area contributed by atoms with E-state index in [4.69, 9.17) is 4.74 Å². The van der Waals surface area contributed by atoms with Gasteiger partial charge in [0.1, 0.15) is 17.2 Å². The summed E-state index contributed by atoms with van der Waals surface area (Å²) in [6.45, 7) is 9.15. The average molecular weight is 541 g/mol. The van der Waals surface area contributed by atoms with E-state index in [0.717, 1.165) is 24.8 Å². The van der Waals surface area contributed by atoms with Crippen molar-refractivity contribution in [2.75, 3.05) is 24.5 Å². The van der Waals surface area contributed by atoms with Crippen molar-refractivity contribution < 1.29 is 23.1 Å². The number of aromatic nitrogens is 3. The number of carbonyl (C=O) groups excluding carboxylic acids is 2. The molecule has 2 unspecified atom stereocenters. The number of aryl methyl sites for hydroxylation is 1. The third-order valence-electron chi connectivity index (χ3n) is 7.31. The molecule has 9 nitrogen and oxygen atoms in total. The van der Waals surface area contributed by atoms with Gasteiger partial charge in [0.05, 0.1) is 17.8 Å². The minimum absolute atomic E-state index is 0.112. The van der Waals surface area contributed by atoms with Gasteiger partial charge in [-0.25, -0.2) is 13.6 Å². The summed E-state index contributed by atoms with van der Waals surface area (Å²) in [6, 6.07) is 5.71. The number of ether oxygens (including phenoxy) is 1. The fraction of sp³-hybridized carbons (Fsp3) is 0.500. The molecular formula is C28H34F2N6O3. The second-order valence-corrected chi connectivity index (χ2v) is 11.2. The molecule has 2 aliphatic rings. The zero-order valence-electron chi connectivity index (χ0n) is 22.7. The molecule has 11 heteroatoms. The number of nitrogens with one attached hydrogen (secondary N) is 1. The van der Waals surface area contributed by atoms with Gasteiger partial charge in [-0.05, 0) is 70.7 Å². The molecule has 2 aliphatic heterocycles. The van der Waals surface area contributed by atoms with E-state index in [1.54, 1.807) is 11.0 Å². The van der Waals surface area contributed by atoms with E-state index >= 15 is 8.78 Å². The topological polar surface area (TPSA) is 92.6 Å². The normalized spacial score (nSPS) is 19.0. The Bertz CT molecular complexity index is 1390. The van der Waals surface area contributed by atoms with Crippen LogP contribution >= 0.6 is 0 Å². The molecule has 208 valence electrons. The largest absolute Gasteiger partial charge is 0.444 e. The quantitative estimate of drug-likeness (QED) is 0.502. The maximum Gasteiger partial charge on any atom is 0.410 e. The number of rotatable bonds is 6. The van der Waals surface area contributed by atoms with Gasteiger partial charge in [-0.2, -0.15) is 0 Å². The SMILES string of the molecule is CCn1ccc2cc(C(=O)NCCc3cc(F)c(N4CC5CCC(C4)N5C(=O)OC(C)(C)C)cc3F)nnc21. The summed E-state index contributed by atoms with van der Waals surface area (Å²) >= 11 is 0. The summed E-state index contributed by atoms with van der Waals surface area (Å²) in [5.41, 5.74) is 0.627. The van der Waals surface area contributed by atoms with Crippen LogP contribution in [0.3, 0.4) is 0 Å². The summed E-state index contributed by atoms with van der Waals surface area (Å²) in [4.78, 5) is 28.8. The zero-order chi connectivity index (χ0) is 27.9. The molecule has 5 rings (SSSR count). The van der Waals surface area contributed by atoms with Crippen LogP contribution in [-0.2, 0) is 17.7 Å². The van der Waals surface area contributed by atoms with E-state index in [2.05, 4.69) is 15.5 Å². The van der Waals surface area contributed by atoms with Crippen molar-refractivity contribution in [3.8, 4) is 0 Å². The van der Waals surface area contributed by atoms with Gasteiger partial charge in [0, 0.05) is 43.8 Å².